The zero-order chi connectivity index (χ0) is 14.8. The highest BCUT2D eigenvalue weighted by Crippen LogP contribution is 2.38. The van der Waals surface area contributed by atoms with Crippen molar-refractivity contribution in [2.45, 2.75) is 70.5 Å². The molecule has 1 aromatic rings. The predicted octanol–water partition coefficient (Wildman–Crippen LogP) is 4.54. The van der Waals surface area contributed by atoms with Crippen LogP contribution in [0.1, 0.15) is 51.0 Å². The summed E-state index contributed by atoms with van der Waals surface area (Å²) in [6.07, 6.45) is 7.82. The molecule has 1 aromatic carbocycles. The van der Waals surface area contributed by atoms with Crippen LogP contribution in [-0.4, -0.2) is 24.7 Å². The number of fused-ring (bicyclic) bond motifs is 2. The smallest absolute Gasteiger partial charge is 0.0455 e. The first-order valence-corrected chi connectivity index (χ1v) is 8.84. The Bertz CT molecular complexity index is 474. The molecule has 2 saturated heterocycles. The Hall–Kier alpha value is -0.730. The second kappa shape index (κ2) is 6.58. The first-order valence-electron chi connectivity index (χ1n) is 8.47. The van der Waals surface area contributed by atoms with E-state index in [-0.39, 0.29) is 0 Å². The van der Waals surface area contributed by atoms with Gasteiger partial charge in [-0.2, -0.15) is 0 Å². The maximum absolute atomic E-state index is 6.35. The highest BCUT2D eigenvalue weighted by molar-refractivity contribution is 6.31. The first kappa shape index (κ1) is 15.2. The molecule has 2 atom stereocenters. The number of rotatable bonds is 4. The summed E-state index contributed by atoms with van der Waals surface area (Å²) in [6.45, 7) is 5.48. The molecule has 3 heteroatoms. The summed E-state index contributed by atoms with van der Waals surface area (Å²) in [5.41, 5.74) is 2.50. The van der Waals surface area contributed by atoms with Gasteiger partial charge in [-0.15, -0.1) is 0 Å². The van der Waals surface area contributed by atoms with E-state index in [0.717, 1.165) is 11.6 Å². The van der Waals surface area contributed by atoms with Crippen molar-refractivity contribution in [3.8, 4) is 0 Å². The van der Waals surface area contributed by atoms with Gasteiger partial charge in [-0.3, -0.25) is 0 Å². The van der Waals surface area contributed by atoms with Crippen molar-refractivity contribution in [1.29, 1.82) is 0 Å². The summed E-state index contributed by atoms with van der Waals surface area (Å²) in [4.78, 5) is 2.67. The lowest BCUT2D eigenvalue weighted by molar-refractivity contribution is 0.246. The van der Waals surface area contributed by atoms with Gasteiger partial charge in [-0.1, -0.05) is 24.6 Å². The fraction of sp³-hybridized carbons (Fsp3) is 0.667. The molecule has 2 nitrogen and oxygen atoms in total. The van der Waals surface area contributed by atoms with E-state index < -0.39 is 0 Å². The number of aryl methyl sites for hydroxylation is 1. The van der Waals surface area contributed by atoms with Gasteiger partial charge in [0.2, 0.25) is 0 Å². The lowest BCUT2D eigenvalue weighted by Gasteiger charge is -2.50. The minimum absolute atomic E-state index is 0.686. The standard InChI is InChI=1S/C18H27ClN2/c1-3-9-20-14-10-15-5-4-6-16(11-14)21(15)17-8-7-13(2)18(19)12-17/h7-8,12,14-16,20H,3-6,9-11H2,1-2H3. The molecule has 2 aliphatic rings. The molecule has 2 unspecified atom stereocenters. The van der Waals surface area contributed by atoms with E-state index in [1.807, 2.05) is 0 Å². The molecule has 0 spiro atoms. The maximum atomic E-state index is 6.35. The molecule has 0 radical (unpaired) electrons. The Kier molecular flexibility index (Phi) is 4.75. The number of hydrogen-bond donors (Lipinski definition) is 1. The topological polar surface area (TPSA) is 15.3 Å². The van der Waals surface area contributed by atoms with E-state index in [1.54, 1.807) is 0 Å². The second-order valence-corrected chi connectivity index (χ2v) is 7.11. The molecule has 1 N–H and O–H groups in total. The minimum atomic E-state index is 0.686. The van der Waals surface area contributed by atoms with E-state index in [4.69, 9.17) is 11.6 Å². The number of anilines is 1. The van der Waals surface area contributed by atoms with Crippen LogP contribution in [0.5, 0.6) is 0 Å². The van der Waals surface area contributed by atoms with Crippen molar-refractivity contribution >= 4 is 17.3 Å². The summed E-state index contributed by atoms with van der Waals surface area (Å²) in [5.74, 6) is 0. The molecule has 116 valence electrons. The third-order valence-electron chi connectivity index (χ3n) is 5.11. The lowest BCUT2D eigenvalue weighted by Crippen LogP contribution is -2.56. The van der Waals surface area contributed by atoms with Crippen LogP contribution in [0, 0.1) is 6.92 Å². The quantitative estimate of drug-likeness (QED) is 0.878. The molecule has 0 aliphatic carbocycles. The van der Waals surface area contributed by atoms with Gasteiger partial charge in [0, 0.05) is 28.8 Å². The predicted molar refractivity (Wildman–Crippen MR) is 91.4 cm³/mol. The van der Waals surface area contributed by atoms with Gasteiger partial charge in [0.15, 0.2) is 0 Å². The van der Waals surface area contributed by atoms with Crippen LogP contribution >= 0.6 is 11.6 Å². The van der Waals surface area contributed by atoms with Crippen LogP contribution < -0.4 is 10.2 Å². The fourth-order valence-electron chi connectivity index (χ4n) is 4.06. The van der Waals surface area contributed by atoms with Crippen LogP contribution in [-0.2, 0) is 0 Å². The molecule has 2 heterocycles. The van der Waals surface area contributed by atoms with E-state index in [1.165, 1.54) is 49.8 Å². The van der Waals surface area contributed by atoms with Gasteiger partial charge < -0.3 is 10.2 Å². The Morgan fingerprint density at radius 1 is 1.24 bits per heavy atom. The Morgan fingerprint density at radius 2 is 1.95 bits per heavy atom. The number of nitrogens with one attached hydrogen (secondary N) is 1. The van der Waals surface area contributed by atoms with Gasteiger partial charge in [-0.05, 0) is 69.7 Å². The minimum Gasteiger partial charge on any atom is -0.365 e. The van der Waals surface area contributed by atoms with Crippen LogP contribution in [0.3, 0.4) is 0 Å². The van der Waals surface area contributed by atoms with Crippen molar-refractivity contribution < 1.29 is 0 Å². The molecular formula is C18H27ClN2. The summed E-state index contributed by atoms with van der Waals surface area (Å²) in [5, 5.41) is 4.64. The third kappa shape index (κ3) is 3.22. The number of nitrogens with zero attached hydrogens (tertiary/aromatic N) is 1. The van der Waals surface area contributed by atoms with E-state index >= 15 is 0 Å². The van der Waals surface area contributed by atoms with Crippen LogP contribution in [0.25, 0.3) is 0 Å². The fourth-order valence-corrected chi connectivity index (χ4v) is 4.24. The first-order chi connectivity index (χ1) is 10.2. The SMILES string of the molecule is CCCNC1CC2CCCC(C1)N2c1ccc(C)c(Cl)c1. The average molecular weight is 307 g/mol. The molecule has 2 bridgehead atoms. The molecule has 2 aliphatic heterocycles. The van der Waals surface area contributed by atoms with Crippen LogP contribution in [0.4, 0.5) is 5.69 Å². The van der Waals surface area contributed by atoms with Crippen molar-refractivity contribution in [2.24, 2.45) is 0 Å². The summed E-state index contributed by atoms with van der Waals surface area (Å²) < 4.78 is 0. The highest BCUT2D eigenvalue weighted by Gasteiger charge is 2.38. The molecule has 0 saturated carbocycles. The Morgan fingerprint density at radius 3 is 2.57 bits per heavy atom. The van der Waals surface area contributed by atoms with Gasteiger partial charge in [0.25, 0.3) is 0 Å². The van der Waals surface area contributed by atoms with E-state index in [9.17, 15) is 0 Å². The molecule has 21 heavy (non-hydrogen) atoms. The van der Waals surface area contributed by atoms with Gasteiger partial charge >= 0.3 is 0 Å². The Balaban J connectivity index is 1.78. The molecule has 0 aromatic heterocycles. The summed E-state index contributed by atoms with van der Waals surface area (Å²) in [7, 11) is 0. The van der Waals surface area contributed by atoms with Crippen LogP contribution in [0.2, 0.25) is 5.02 Å². The van der Waals surface area contributed by atoms with Crippen molar-refractivity contribution in [2.75, 3.05) is 11.4 Å². The normalized spacial score (nSPS) is 28.7. The molecule has 0 amide bonds. The largest absolute Gasteiger partial charge is 0.365 e. The van der Waals surface area contributed by atoms with Crippen molar-refractivity contribution in [1.82, 2.24) is 5.32 Å². The lowest BCUT2D eigenvalue weighted by atomic mass is 9.81. The van der Waals surface area contributed by atoms with Gasteiger partial charge in [-0.25, -0.2) is 0 Å². The molecule has 3 rings (SSSR count). The zero-order valence-corrected chi connectivity index (χ0v) is 14.0. The van der Waals surface area contributed by atoms with E-state index in [0.29, 0.717) is 18.1 Å². The summed E-state index contributed by atoms with van der Waals surface area (Å²) in [6, 6.07) is 8.66. The molecule has 2 fully saturated rings. The molecular weight excluding hydrogens is 280 g/mol. The second-order valence-electron chi connectivity index (χ2n) is 6.70. The van der Waals surface area contributed by atoms with Crippen molar-refractivity contribution in [3.63, 3.8) is 0 Å². The van der Waals surface area contributed by atoms with Gasteiger partial charge in [0.1, 0.15) is 0 Å². The third-order valence-corrected chi connectivity index (χ3v) is 5.52. The van der Waals surface area contributed by atoms with E-state index in [2.05, 4.69) is 42.3 Å². The zero-order valence-electron chi connectivity index (χ0n) is 13.2. The van der Waals surface area contributed by atoms with Crippen molar-refractivity contribution in [3.05, 3.63) is 28.8 Å². The monoisotopic (exact) mass is 306 g/mol. The maximum Gasteiger partial charge on any atom is 0.0455 e. The average Bonchev–Trinajstić information content (AvgIpc) is 2.47. The van der Waals surface area contributed by atoms with Gasteiger partial charge in [0.05, 0.1) is 0 Å². The summed E-state index contributed by atoms with van der Waals surface area (Å²) >= 11 is 6.35. The van der Waals surface area contributed by atoms with Crippen LogP contribution in [0.15, 0.2) is 18.2 Å². The number of benzene rings is 1. The number of piperidine rings is 2. The number of halogens is 1. The number of hydrogen-bond acceptors (Lipinski definition) is 2. The Labute approximate surface area is 133 Å². The highest BCUT2D eigenvalue weighted by atomic mass is 35.5.